The fraction of sp³-hybridized carbons (Fsp3) is 0.562. The zero-order chi connectivity index (χ0) is 16.5. The Morgan fingerprint density at radius 1 is 1.18 bits per heavy atom. The number of rotatable bonds is 2. The third kappa shape index (κ3) is 3.14. The van der Waals surface area contributed by atoms with Crippen molar-refractivity contribution in [3.63, 3.8) is 0 Å². The highest BCUT2D eigenvalue weighted by molar-refractivity contribution is 5.94. The van der Waals surface area contributed by atoms with Crippen molar-refractivity contribution in [2.75, 3.05) is 0 Å². The standard InChI is InChI=1S/C16H21N4O2/c1-15(2)9-13(10-16(3,4)20(15)22)18-14(21)11-5-7-12(19-17)8-6-11/h5-8,13H,9-10H2,1-4H3/q+1/p+1. The summed E-state index contributed by atoms with van der Waals surface area (Å²) >= 11 is 0. The van der Waals surface area contributed by atoms with E-state index in [4.69, 9.17) is 5.39 Å². The molecule has 0 saturated carbocycles. The van der Waals surface area contributed by atoms with Gasteiger partial charge >= 0.3 is 5.69 Å². The minimum Gasteiger partial charge on any atom is -0.349 e. The van der Waals surface area contributed by atoms with Gasteiger partial charge in [0.15, 0.2) is 4.98 Å². The van der Waals surface area contributed by atoms with E-state index >= 15 is 0 Å². The Balaban J connectivity index is 2.11. The van der Waals surface area contributed by atoms with E-state index in [1.807, 2.05) is 27.7 Å². The molecule has 0 radical (unpaired) electrons. The van der Waals surface area contributed by atoms with Crippen molar-refractivity contribution >= 4 is 11.6 Å². The van der Waals surface area contributed by atoms with E-state index in [2.05, 4.69) is 10.3 Å². The van der Waals surface area contributed by atoms with Crippen LogP contribution in [0.1, 0.15) is 50.9 Å². The molecule has 1 aromatic rings. The number of amides is 1. The number of hydrogen-bond acceptors (Lipinski definition) is 3. The van der Waals surface area contributed by atoms with E-state index in [9.17, 15) is 9.70 Å². The first-order valence-corrected chi connectivity index (χ1v) is 7.39. The van der Waals surface area contributed by atoms with E-state index in [1.54, 1.807) is 24.3 Å². The number of nitrogens with zero attached hydrogens (tertiary/aromatic N) is 3. The van der Waals surface area contributed by atoms with Crippen LogP contribution < -0.4 is 5.32 Å². The van der Waals surface area contributed by atoms with Crippen molar-refractivity contribution in [3.05, 3.63) is 39.7 Å². The lowest BCUT2D eigenvalue weighted by molar-refractivity contribution is -0.693. The van der Waals surface area contributed by atoms with Crippen molar-refractivity contribution < 1.29 is 9.55 Å². The highest BCUT2D eigenvalue weighted by Gasteiger charge is 2.53. The lowest BCUT2D eigenvalue weighted by Gasteiger charge is -2.36. The number of diazo groups is 1. The van der Waals surface area contributed by atoms with Crippen LogP contribution in [0.15, 0.2) is 24.3 Å². The molecule has 1 fully saturated rings. The number of nitroso groups, excluding NO2 is 1. The molecule has 22 heavy (non-hydrogen) atoms. The first-order chi connectivity index (χ1) is 10.2. The van der Waals surface area contributed by atoms with Gasteiger partial charge in [-0.2, -0.15) is 0 Å². The Bertz CT molecular complexity index is 621. The normalized spacial score (nSPS) is 20.2. The third-order valence-corrected chi connectivity index (χ3v) is 4.17. The van der Waals surface area contributed by atoms with E-state index in [0.29, 0.717) is 24.1 Å². The number of hydrogen-bond donors (Lipinski definition) is 1. The highest BCUT2D eigenvalue weighted by Crippen LogP contribution is 2.34. The number of benzene rings is 1. The molecule has 0 aromatic heterocycles. The number of piperidine rings is 1. The number of nitrogens with one attached hydrogen (secondary N) is 1. The second kappa shape index (κ2) is 5.48. The summed E-state index contributed by atoms with van der Waals surface area (Å²) in [6.45, 7) is 7.60. The molecule has 1 heterocycles. The number of carbonyl (C=O) groups is 1. The molecule has 1 aliphatic rings. The van der Waals surface area contributed by atoms with Gasteiger partial charge in [-0.3, -0.25) is 4.79 Å². The van der Waals surface area contributed by atoms with Crippen LogP contribution >= 0.6 is 0 Å². The minimum absolute atomic E-state index is 0.0510. The molecule has 0 bridgehead atoms. The van der Waals surface area contributed by atoms with Gasteiger partial charge in [0, 0.05) is 73.9 Å². The quantitative estimate of drug-likeness (QED) is 0.672. The summed E-state index contributed by atoms with van der Waals surface area (Å²) in [7, 11) is 0. The average molecular weight is 302 g/mol. The first kappa shape index (κ1) is 16.1. The molecular formula is C16H22N4O2+2. The molecule has 0 spiro atoms. The fourth-order valence-corrected chi connectivity index (χ4v) is 3.31. The van der Waals surface area contributed by atoms with Crippen molar-refractivity contribution in [3.8, 4) is 0 Å². The molecule has 0 atom stereocenters. The fourth-order valence-electron chi connectivity index (χ4n) is 3.31. The highest BCUT2D eigenvalue weighted by atomic mass is 16.3. The summed E-state index contributed by atoms with van der Waals surface area (Å²) in [5, 5.41) is 11.7. The average Bonchev–Trinajstić information content (AvgIpc) is 2.44. The number of carbonyl (C=O) groups excluding carboxylic acids is 1. The van der Waals surface area contributed by atoms with E-state index in [0.717, 1.165) is 4.76 Å². The predicted molar refractivity (Wildman–Crippen MR) is 83.5 cm³/mol. The summed E-state index contributed by atoms with van der Waals surface area (Å²) in [4.78, 5) is 27.7. The second-order valence-corrected chi connectivity index (χ2v) is 7.14. The van der Waals surface area contributed by atoms with Gasteiger partial charge in [-0.05, 0) is 12.1 Å². The summed E-state index contributed by atoms with van der Waals surface area (Å²) in [6, 6.07) is 6.32. The molecule has 6 heteroatoms. The lowest BCUT2D eigenvalue weighted by Crippen LogP contribution is -2.58. The first-order valence-electron chi connectivity index (χ1n) is 7.39. The largest absolute Gasteiger partial charge is 0.385 e. The summed E-state index contributed by atoms with van der Waals surface area (Å²) < 4.78 is 1.14. The van der Waals surface area contributed by atoms with E-state index in [1.165, 1.54) is 0 Å². The summed E-state index contributed by atoms with van der Waals surface area (Å²) in [6.07, 6.45) is 1.21. The van der Waals surface area contributed by atoms with Crippen LogP contribution in [0.5, 0.6) is 0 Å². The zero-order valence-corrected chi connectivity index (χ0v) is 13.5. The van der Waals surface area contributed by atoms with Gasteiger partial charge in [0.1, 0.15) is 0 Å². The minimum atomic E-state index is -0.515. The maximum atomic E-state index is 12.3. The predicted octanol–water partition coefficient (Wildman–Crippen LogP) is 3.40. The smallest absolute Gasteiger partial charge is 0.349 e. The zero-order valence-electron chi connectivity index (χ0n) is 13.5. The van der Waals surface area contributed by atoms with Crippen molar-refractivity contribution in [2.24, 2.45) is 0 Å². The van der Waals surface area contributed by atoms with Crippen LogP contribution in [0.4, 0.5) is 5.69 Å². The summed E-state index contributed by atoms with van der Waals surface area (Å²) in [5.41, 5.74) is -0.121. The molecule has 1 N–H and O–H groups in total. The molecule has 0 unspecified atom stereocenters. The van der Waals surface area contributed by atoms with Crippen LogP contribution in [0.2, 0.25) is 0 Å². The van der Waals surface area contributed by atoms with Gasteiger partial charge < -0.3 is 5.32 Å². The third-order valence-electron chi connectivity index (χ3n) is 4.17. The topological polar surface area (TPSA) is 77.3 Å². The summed E-state index contributed by atoms with van der Waals surface area (Å²) in [5.74, 6) is -0.180. The van der Waals surface area contributed by atoms with Gasteiger partial charge in [0.05, 0.1) is 0 Å². The second-order valence-electron chi connectivity index (χ2n) is 7.14. The van der Waals surface area contributed by atoms with Gasteiger partial charge in [0.2, 0.25) is 16.5 Å². The SMILES string of the molecule is CC1(C)CC(NC(=O)c2ccc([N+]#N)cc2)CC(C)(C)[N+]1=O. The van der Waals surface area contributed by atoms with Crippen LogP contribution in [-0.2, 0) is 0 Å². The Kier molecular flexibility index (Phi) is 4.01. The van der Waals surface area contributed by atoms with E-state index in [-0.39, 0.29) is 11.9 Å². The molecule has 1 amide bonds. The molecule has 1 aromatic carbocycles. The maximum absolute atomic E-state index is 12.3. The van der Waals surface area contributed by atoms with Crippen LogP contribution in [0, 0.1) is 10.3 Å². The molecule has 1 saturated heterocycles. The van der Waals surface area contributed by atoms with Crippen LogP contribution in [0.25, 0.3) is 4.98 Å². The van der Waals surface area contributed by atoms with Gasteiger partial charge in [-0.25, -0.2) is 0 Å². The van der Waals surface area contributed by atoms with Gasteiger partial charge in [-0.15, -0.1) is 0 Å². The molecule has 6 nitrogen and oxygen atoms in total. The van der Waals surface area contributed by atoms with Crippen LogP contribution in [-0.4, -0.2) is 27.8 Å². The monoisotopic (exact) mass is 302 g/mol. The van der Waals surface area contributed by atoms with Crippen molar-refractivity contribution in [1.29, 1.82) is 5.39 Å². The lowest BCUT2D eigenvalue weighted by atomic mass is 9.79. The Hall–Kier alpha value is -2.29. The molecule has 0 aliphatic carbocycles. The van der Waals surface area contributed by atoms with Crippen molar-refractivity contribution in [1.82, 2.24) is 5.32 Å². The van der Waals surface area contributed by atoms with Gasteiger partial charge in [-0.1, -0.05) is 0 Å². The van der Waals surface area contributed by atoms with Gasteiger partial charge in [0.25, 0.3) is 5.91 Å². The van der Waals surface area contributed by atoms with Crippen molar-refractivity contribution in [2.45, 2.75) is 57.7 Å². The molecule has 116 valence electrons. The van der Waals surface area contributed by atoms with Crippen LogP contribution in [0.3, 0.4) is 0 Å². The Labute approximate surface area is 130 Å². The molecule has 2 rings (SSSR count). The maximum Gasteiger partial charge on any atom is 0.385 e. The molecule has 1 aliphatic heterocycles. The Morgan fingerprint density at radius 3 is 2.14 bits per heavy atom. The Morgan fingerprint density at radius 2 is 1.68 bits per heavy atom. The molecular weight excluding hydrogens is 280 g/mol. The van der Waals surface area contributed by atoms with E-state index < -0.39 is 11.1 Å².